The number of rotatable bonds is 5. The number of aliphatic hydroxyl groups is 1. The lowest BCUT2D eigenvalue weighted by molar-refractivity contribution is -0.117. The Labute approximate surface area is 188 Å². The minimum atomic E-state index is -0.810. The molecule has 1 atom stereocenters. The van der Waals surface area contributed by atoms with E-state index in [-0.39, 0.29) is 11.3 Å². The van der Waals surface area contributed by atoms with Gasteiger partial charge in [-0.2, -0.15) is 0 Å². The molecule has 2 aromatic heterocycles. The van der Waals surface area contributed by atoms with Gasteiger partial charge in [-0.25, -0.2) is 4.98 Å². The van der Waals surface area contributed by atoms with Gasteiger partial charge in [0.2, 0.25) is 5.78 Å². The van der Waals surface area contributed by atoms with E-state index in [0.717, 1.165) is 10.9 Å². The first-order valence-electron chi connectivity index (χ1n) is 10.2. The summed E-state index contributed by atoms with van der Waals surface area (Å²) in [7, 11) is 0. The molecule has 1 amide bonds. The van der Waals surface area contributed by atoms with Crippen molar-refractivity contribution >= 4 is 39.1 Å². The number of hydrogen-bond donors (Lipinski definition) is 1. The highest BCUT2D eigenvalue weighted by Gasteiger charge is 2.46. The normalized spacial score (nSPS) is 16.5. The van der Waals surface area contributed by atoms with Gasteiger partial charge in [-0.05, 0) is 29.2 Å². The Kier molecular flexibility index (Phi) is 4.90. The number of furan rings is 1. The summed E-state index contributed by atoms with van der Waals surface area (Å²) in [6.07, 6.45) is 1.59. The third-order valence-electron chi connectivity index (χ3n) is 5.65. The molecule has 3 heterocycles. The minimum absolute atomic E-state index is 0.0125. The van der Waals surface area contributed by atoms with E-state index in [1.54, 1.807) is 23.7 Å². The van der Waals surface area contributed by atoms with E-state index in [9.17, 15) is 14.7 Å². The maximum Gasteiger partial charge on any atom is 0.296 e. The smallest absolute Gasteiger partial charge is 0.296 e. The van der Waals surface area contributed by atoms with Crippen LogP contribution in [0.5, 0.6) is 0 Å². The average Bonchev–Trinajstić information content (AvgIpc) is 3.52. The zero-order chi connectivity index (χ0) is 22.4. The molecule has 7 heteroatoms. The first kappa shape index (κ1) is 20.2. The van der Waals surface area contributed by atoms with Gasteiger partial charge in [-0.1, -0.05) is 56.3 Å². The summed E-state index contributed by atoms with van der Waals surface area (Å²) in [4.78, 5) is 32.3. The number of para-hydroxylation sites is 1. The minimum Gasteiger partial charge on any atom is -0.503 e. The number of carbonyl (C=O) groups excluding carboxylic acids is 2. The maximum atomic E-state index is 13.5. The highest BCUT2D eigenvalue weighted by molar-refractivity contribution is 7.13. The molecule has 0 saturated carbocycles. The van der Waals surface area contributed by atoms with Crippen molar-refractivity contribution in [1.29, 1.82) is 0 Å². The van der Waals surface area contributed by atoms with Gasteiger partial charge in [0.1, 0.15) is 5.58 Å². The molecule has 0 spiro atoms. The van der Waals surface area contributed by atoms with E-state index < -0.39 is 23.5 Å². The topological polar surface area (TPSA) is 83.6 Å². The Balaban J connectivity index is 1.64. The van der Waals surface area contributed by atoms with E-state index in [1.165, 1.54) is 16.2 Å². The van der Waals surface area contributed by atoms with Gasteiger partial charge in [-0.3, -0.25) is 14.5 Å². The molecule has 0 bridgehead atoms. The summed E-state index contributed by atoms with van der Waals surface area (Å²) >= 11 is 1.27. The van der Waals surface area contributed by atoms with Gasteiger partial charge < -0.3 is 9.52 Å². The second kappa shape index (κ2) is 7.76. The average molecular weight is 445 g/mol. The second-order valence-electron chi connectivity index (χ2n) is 7.95. The number of aromatic nitrogens is 1. The molecule has 5 rings (SSSR count). The number of anilines is 1. The summed E-state index contributed by atoms with van der Waals surface area (Å²) in [5.41, 5.74) is 2.40. The molecule has 2 aromatic carbocycles. The van der Waals surface area contributed by atoms with Crippen molar-refractivity contribution in [1.82, 2.24) is 4.98 Å². The fourth-order valence-electron chi connectivity index (χ4n) is 3.97. The Hall–Kier alpha value is -3.71. The van der Waals surface area contributed by atoms with Crippen LogP contribution >= 0.6 is 11.3 Å². The van der Waals surface area contributed by atoms with Crippen LogP contribution in [0, 0.1) is 0 Å². The van der Waals surface area contributed by atoms with E-state index in [1.807, 2.05) is 42.5 Å². The fraction of sp³-hybridized carbons (Fsp3) is 0.160. The Morgan fingerprint density at radius 1 is 1.16 bits per heavy atom. The van der Waals surface area contributed by atoms with Crippen LogP contribution < -0.4 is 4.90 Å². The predicted molar refractivity (Wildman–Crippen MR) is 123 cm³/mol. The fourth-order valence-corrected chi connectivity index (χ4v) is 4.64. The van der Waals surface area contributed by atoms with Crippen LogP contribution in [-0.2, 0) is 4.79 Å². The number of thiazole rings is 1. The summed E-state index contributed by atoms with van der Waals surface area (Å²) in [6, 6.07) is 15.8. The number of Topliss-reactive ketones (excluding diaryl/α,β-unsaturated/α-hetero) is 1. The Morgan fingerprint density at radius 2 is 1.91 bits per heavy atom. The number of nitrogens with zero attached hydrogens (tertiary/aromatic N) is 2. The van der Waals surface area contributed by atoms with Crippen molar-refractivity contribution in [3.05, 3.63) is 94.4 Å². The highest BCUT2D eigenvalue weighted by Crippen LogP contribution is 2.43. The number of ketones is 1. The molecule has 32 heavy (non-hydrogen) atoms. The lowest BCUT2D eigenvalue weighted by Crippen LogP contribution is -2.30. The number of benzene rings is 2. The van der Waals surface area contributed by atoms with Crippen molar-refractivity contribution < 1.29 is 19.1 Å². The SMILES string of the molecule is CC(C)c1ccc([C@@H]2C(C(=O)c3cc4ccccc4o3)=C(O)C(=O)N2c2nccs2)cc1. The monoisotopic (exact) mass is 444 g/mol. The summed E-state index contributed by atoms with van der Waals surface area (Å²) in [6.45, 7) is 4.19. The van der Waals surface area contributed by atoms with Crippen LogP contribution in [0.25, 0.3) is 11.0 Å². The third kappa shape index (κ3) is 3.22. The molecule has 0 fully saturated rings. The number of hydrogen-bond acceptors (Lipinski definition) is 6. The second-order valence-corrected chi connectivity index (χ2v) is 8.83. The maximum absolute atomic E-state index is 13.5. The standard InChI is InChI=1S/C25H20N2O4S/c1-14(2)15-7-9-16(10-8-15)21-20(23(29)24(30)27(21)25-26-11-12-32-25)22(28)19-13-17-5-3-4-6-18(17)31-19/h3-14,21,29H,1-2H3/t21-/m1/s1. The summed E-state index contributed by atoms with van der Waals surface area (Å²) in [5, 5.41) is 13.7. The van der Waals surface area contributed by atoms with Crippen molar-refractivity contribution in [2.24, 2.45) is 0 Å². The molecule has 160 valence electrons. The van der Waals surface area contributed by atoms with Gasteiger partial charge in [0.25, 0.3) is 5.91 Å². The van der Waals surface area contributed by atoms with Crippen LogP contribution in [0.3, 0.4) is 0 Å². The van der Waals surface area contributed by atoms with Crippen LogP contribution in [-0.4, -0.2) is 21.8 Å². The number of aliphatic hydroxyl groups excluding tert-OH is 1. The highest BCUT2D eigenvalue weighted by atomic mass is 32.1. The molecule has 1 aliphatic rings. The van der Waals surface area contributed by atoms with Gasteiger partial charge in [0, 0.05) is 17.0 Å². The molecule has 1 N–H and O–H groups in total. The number of amides is 1. The largest absolute Gasteiger partial charge is 0.503 e. The quantitative estimate of drug-likeness (QED) is 0.394. The van der Waals surface area contributed by atoms with Crippen LogP contribution in [0.2, 0.25) is 0 Å². The lowest BCUT2D eigenvalue weighted by Gasteiger charge is -2.24. The summed E-state index contributed by atoms with van der Waals surface area (Å²) in [5.74, 6) is -1.35. The van der Waals surface area contributed by atoms with Crippen molar-refractivity contribution in [2.45, 2.75) is 25.8 Å². The van der Waals surface area contributed by atoms with Gasteiger partial charge in [-0.15, -0.1) is 11.3 Å². The molecule has 6 nitrogen and oxygen atoms in total. The zero-order valence-corrected chi connectivity index (χ0v) is 18.3. The zero-order valence-electron chi connectivity index (χ0n) is 17.5. The van der Waals surface area contributed by atoms with E-state index in [4.69, 9.17) is 4.42 Å². The van der Waals surface area contributed by atoms with Gasteiger partial charge in [0.05, 0.1) is 11.6 Å². The van der Waals surface area contributed by atoms with Gasteiger partial charge >= 0.3 is 0 Å². The molecule has 0 saturated heterocycles. The van der Waals surface area contributed by atoms with E-state index in [0.29, 0.717) is 22.2 Å². The first-order chi connectivity index (χ1) is 15.5. The molecular formula is C25H20N2O4S. The molecule has 0 unspecified atom stereocenters. The number of fused-ring (bicyclic) bond motifs is 1. The van der Waals surface area contributed by atoms with Crippen LogP contribution in [0.15, 0.2) is 81.9 Å². The predicted octanol–water partition coefficient (Wildman–Crippen LogP) is 5.80. The summed E-state index contributed by atoms with van der Waals surface area (Å²) < 4.78 is 5.75. The molecular weight excluding hydrogens is 424 g/mol. The van der Waals surface area contributed by atoms with E-state index >= 15 is 0 Å². The Bertz CT molecular complexity index is 1320. The van der Waals surface area contributed by atoms with Crippen molar-refractivity contribution in [2.75, 3.05) is 4.90 Å². The molecule has 0 radical (unpaired) electrons. The molecule has 1 aliphatic heterocycles. The lowest BCUT2D eigenvalue weighted by atomic mass is 9.93. The first-order valence-corrected chi connectivity index (χ1v) is 11.1. The Morgan fingerprint density at radius 3 is 2.56 bits per heavy atom. The van der Waals surface area contributed by atoms with Crippen molar-refractivity contribution in [3.63, 3.8) is 0 Å². The van der Waals surface area contributed by atoms with E-state index in [2.05, 4.69) is 18.8 Å². The molecule has 4 aromatic rings. The third-order valence-corrected chi connectivity index (χ3v) is 6.42. The van der Waals surface area contributed by atoms with Crippen LogP contribution in [0.1, 0.15) is 47.5 Å². The van der Waals surface area contributed by atoms with Gasteiger partial charge in [0.15, 0.2) is 16.7 Å². The van der Waals surface area contributed by atoms with Crippen LogP contribution in [0.4, 0.5) is 5.13 Å². The van der Waals surface area contributed by atoms with Crippen molar-refractivity contribution in [3.8, 4) is 0 Å². The number of carbonyl (C=O) groups is 2. The molecule has 0 aliphatic carbocycles.